The van der Waals surface area contributed by atoms with Crippen LogP contribution in [0.2, 0.25) is 0 Å². The first-order valence-electron chi connectivity index (χ1n) is 8.47. The van der Waals surface area contributed by atoms with Crippen LogP contribution in [0.3, 0.4) is 0 Å². The fourth-order valence-corrected chi connectivity index (χ4v) is 5.10. The van der Waals surface area contributed by atoms with Gasteiger partial charge in [-0.25, -0.2) is 8.42 Å². The molecule has 0 aromatic heterocycles. The maximum atomic E-state index is 13.1. The Labute approximate surface area is 156 Å². The Balaban J connectivity index is 2.35. The largest absolute Gasteiger partial charge is 0.495 e. The molecule has 2 atom stereocenters. The van der Waals surface area contributed by atoms with Gasteiger partial charge >= 0.3 is 6.18 Å². The lowest BCUT2D eigenvalue weighted by Crippen LogP contribution is -2.42. The molecule has 0 aliphatic carbocycles. The average molecular weight is 408 g/mol. The molecule has 2 rings (SSSR count). The van der Waals surface area contributed by atoms with E-state index in [-0.39, 0.29) is 28.0 Å². The Kier molecular flexibility index (Phi) is 6.41. The van der Waals surface area contributed by atoms with Crippen molar-refractivity contribution in [3.8, 4) is 5.75 Å². The van der Waals surface area contributed by atoms with Gasteiger partial charge in [0, 0.05) is 18.7 Å². The number of rotatable bonds is 5. The lowest BCUT2D eigenvalue weighted by molar-refractivity contribution is -0.123. The fraction of sp³-hybridized carbons (Fsp3) is 0.588. The number of nitrogens with zero attached hydrogens (tertiary/aromatic N) is 1. The number of alkyl halides is 3. The molecular weight excluding hydrogens is 385 g/mol. The topological polar surface area (TPSA) is 75.7 Å². The Hall–Kier alpha value is -1.81. The van der Waals surface area contributed by atoms with Crippen LogP contribution in [-0.2, 0) is 10.0 Å². The minimum atomic E-state index is -4.56. The van der Waals surface area contributed by atoms with Crippen LogP contribution in [0.1, 0.15) is 30.6 Å². The zero-order valence-electron chi connectivity index (χ0n) is 15.3. The summed E-state index contributed by atoms with van der Waals surface area (Å²) < 4.78 is 69.5. The molecule has 1 fully saturated rings. The van der Waals surface area contributed by atoms with E-state index in [1.165, 1.54) is 23.5 Å². The Morgan fingerprint density at radius 2 is 1.85 bits per heavy atom. The summed E-state index contributed by atoms with van der Waals surface area (Å²) in [5, 5.41) is 1.74. The van der Waals surface area contributed by atoms with Crippen LogP contribution in [0.5, 0.6) is 5.75 Å². The molecule has 1 N–H and O–H groups in total. The van der Waals surface area contributed by atoms with Gasteiger partial charge < -0.3 is 10.1 Å². The molecular formula is C17H23F3N2O4S. The van der Waals surface area contributed by atoms with Crippen molar-refractivity contribution < 1.29 is 31.1 Å². The maximum Gasteiger partial charge on any atom is 0.405 e. The molecule has 0 spiro atoms. The molecule has 152 valence electrons. The number of hydrogen-bond donors (Lipinski definition) is 1. The summed E-state index contributed by atoms with van der Waals surface area (Å²) in [7, 11) is -2.67. The number of methoxy groups -OCH3 is 1. The van der Waals surface area contributed by atoms with E-state index in [9.17, 15) is 26.4 Å². The number of carbonyl (C=O) groups excluding carboxylic acids is 1. The molecule has 2 unspecified atom stereocenters. The van der Waals surface area contributed by atoms with E-state index in [0.717, 1.165) is 12.5 Å². The van der Waals surface area contributed by atoms with E-state index >= 15 is 0 Å². The minimum absolute atomic E-state index is 0.0354. The van der Waals surface area contributed by atoms with Crippen molar-refractivity contribution in [1.82, 2.24) is 9.62 Å². The van der Waals surface area contributed by atoms with Gasteiger partial charge in [0.05, 0.1) is 7.11 Å². The summed E-state index contributed by atoms with van der Waals surface area (Å²) in [6, 6.07) is 3.56. The van der Waals surface area contributed by atoms with Crippen molar-refractivity contribution >= 4 is 15.9 Å². The maximum absolute atomic E-state index is 13.1. The van der Waals surface area contributed by atoms with Crippen LogP contribution >= 0.6 is 0 Å². The van der Waals surface area contributed by atoms with E-state index in [4.69, 9.17) is 4.74 Å². The van der Waals surface area contributed by atoms with Crippen molar-refractivity contribution in [1.29, 1.82) is 0 Å². The minimum Gasteiger partial charge on any atom is -0.495 e. The van der Waals surface area contributed by atoms with Crippen LogP contribution in [0.15, 0.2) is 23.1 Å². The van der Waals surface area contributed by atoms with E-state index < -0.39 is 28.7 Å². The van der Waals surface area contributed by atoms with Crippen molar-refractivity contribution in [2.24, 2.45) is 11.8 Å². The lowest BCUT2D eigenvalue weighted by Gasteiger charge is -2.34. The van der Waals surface area contributed by atoms with Crippen molar-refractivity contribution in [2.45, 2.75) is 31.3 Å². The van der Waals surface area contributed by atoms with Gasteiger partial charge in [0.2, 0.25) is 10.0 Å². The Morgan fingerprint density at radius 3 is 2.37 bits per heavy atom. The van der Waals surface area contributed by atoms with Gasteiger partial charge in [-0.05, 0) is 36.5 Å². The second-order valence-corrected chi connectivity index (χ2v) is 8.84. The highest BCUT2D eigenvalue weighted by Gasteiger charge is 2.34. The predicted molar refractivity (Wildman–Crippen MR) is 93.1 cm³/mol. The van der Waals surface area contributed by atoms with Crippen LogP contribution in [0, 0.1) is 11.8 Å². The molecule has 0 saturated carbocycles. The lowest BCUT2D eigenvalue weighted by atomic mass is 9.94. The average Bonchev–Trinajstić information content (AvgIpc) is 2.57. The number of nitrogens with one attached hydrogen (secondary N) is 1. The van der Waals surface area contributed by atoms with Crippen LogP contribution in [0.4, 0.5) is 13.2 Å². The van der Waals surface area contributed by atoms with E-state index in [2.05, 4.69) is 0 Å². The molecule has 1 saturated heterocycles. The van der Waals surface area contributed by atoms with Crippen molar-refractivity contribution in [3.63, 3.8) is 0 Å². The van der Waals surface area contributed by atoms with Gasteiger partial charge in [-0.1, -0.05) is 13.8 Å². The highest BCUT2D eigenvalue weighted by Crippen LogP contribution is 2.32. The van der Waals surface area contributed by atoms with Crippen LogP contribution in [0.25, 0.3) is 0 Å². The zero-order valence-corrected chi connectivity index (χ0v) is 16.2. The first-order chi connectivity index (χ1) is 12.4. The van der Waals surface area contributed by atoms with Crippen molar-refractivity contribution in [3.05, 3.63) is 23.8 Å². The molecule has 1 aromatic carbocycles. The highest BCUT2D eigenvalue weighted by molar-refractivity contribution is 7.89. The predicted octanol–water partition coefficient (Wildman–Crippen LogP) is 2.65. The monoisotopic (exact) mass is 408 g/mol. The number of halogens is 3. The van der Waals surface area contributed by atoms with Gasteiger partial charge in [-0.3, -0.25) is 4.79 Å². The first-order valence-corrected chi connectivity index (χ1v) is 9.91. The summed E-state index contributed by atoms with van der Waals surface area (Å²) in [6.07, 6.45) is -3.65. The summed E-state index contributed by atoms with van der Waals surface area (Å²) in [6.45, 7) is 3.08. The van der Waals surface area contributed by atoms with Crippen LogP contribution < -0.4 is 10.1 Å². The summed E-state index contributed by atoms with van der Waals surface area (Å²) in [5.41, 5.74) is -0.184. The molecule has 1 amide bonds. The molecule has 10 heteroatoms. The Morgan fingerprint density at radius 1 is 1.26 bits per heavy atom. The third-order valence-electron chi connectivity index (χ3n) is 4.33. The summed E-state index contributed by atoms with van der Waals surface area (Å²) in [4.78, 5) is 11.8. The second-order valence-electron chi connectivity index (χ2n) is 6.93. The number of hydrogen-bond acceptors (Lipinski definition) is 4. The fourth-order valence-electron chi connectivity index (χ4n) is 3.24. The highest BCUT2D eigenvalue weighted by atomic mass is 32.2. The van der Waals surface area contributed by atoms with Gasteiger partial charge in [-0.15, -0.1) is 0 Å². The van der Waals surface area contributed by atoms with Crippen LogP contribution in [-0.4, -0.2) is 51.6 Å². The number of sulfonamides is 1. The number of benzene rings is 1. The molecule has 0 radical (unpaired) electrons. The van der Waals surface area contributed by atoms with E-state index in [1.54, 1.807) is 5.32 Å². The van der Waals surface area contributed by atoms with Gasteiger partial charge in [-0.2, -0.15) is 17.5 Å². The molecule has 1 aromatic rings. The number of carbonyl (C=O) groups is 1. The molecule has 0 bridgehead atoms. The Bertz CT molecular complexity index is 786. The molecule has 1 aliphatic rings. The van der Waals surface area contributed by atoms with Gasteiger partial charge in [0.1, 0.15) is 17.2 Å². The number of ether oxygens (including phenoxy) is 1. The molecule has 27 heavy (non-hydrogen) atoms. The first kappa shape index (κ1) is 21.5. The quantitative estimate of drug-likeness (QED) is 0.813. The third kappa shape index (κ3) is 5.35. The SMILES string of the molecule is COc1ccc(C(=O)NCC(F)(F)F)cc1S(=O)(=O)N1CC(C)CC(C)C1. The standard InChI is InChI=1S/C17H23F3N2O4S/c1-11-6-12(2)9-22(8-11)27(24,25)15-7-13(4-5-14(15)26-3)16(23)21-10-17(18,19)20/h4-5,7,11-12H,6,8-10H2,1-3H3,(H,21,23). The van der Waals surface area contributed by atoms with Crippen molar-refractivity contribution in [2.75, 3.05) is 26.7 Å². The normalized spacial score (nSPS) is 21.7. The second kappa shape index (κ2) is 8.05. The number of amides is 1. The molecule has 1 aliphatic heterocycles. The van der Waals surface area contributed by atoms with Gasteiger partial charge in [0.25, 0.3) is 5.91 Å². The summed E-state index contributed by atoms with van der Waals surface area (Å²) in [5.74, 6) is -0.624. The van der Waals surface area contributed by atoms with Gasteiger partial charge in [0.15, 0.2) is 0 Å². The molecule has 6 nitrogen and oxygen atoms in total. The smallest absolute Gasteiger partial charge is 0.405 e. The third-order valence-corrected chi connectivity index (χ3v) is 6.18. The number of piperidine rings is 1. The van der Waals surface area contributed by atoms with E-state index in [1.807, 2.05) is 13.8 Å². The summed E-state index contributed by atoms with van der Waals surface area (Å²) >= 11 is 0. The van der Waals surface area contributed by atoms with E-state index in [0.29, 0.717) is 13.1 Å². The zero-order chi connectivity index (χ0) is 20.4. The molecule has 1 heterocycles.